The molecule has 0 spiro atoms. The molecule has 0 aliphatic heterocycles. The molecule has 2 aromatic carbocycles. The Morgan fingerprint density at radius 2 is 2.00 bits per heavy atom. The van der Waals surface area contributed by atoms with Crippen molar-refractivity contribution in [3.05, 3.63) is 83.9 Å². The summed E-state index contributed by atoms with van der Waals surface area (Å²) in [4.78, 5) is 16.5. The van der Waals surface area contributed by atoms with Crippen molar-refractivity contribution in [2.24, 2.45) is 5.92 Å². The Labute approximate surface area is 157 Å². The van der Waals surface area contributed by atoms with Crippen molar-refractivity contribution < 1.29 is 13.9 Å². The van der Waals surface area contributed by atoms with Crippen LogP contribution in [-0.4, -0.2) is 10.9 Å². The molecule has 1 fully saturated rings. The van der Waals surface area contributed by atoms with Crippen LogP contribution in [0.1, 0.15) is 23.5 Å². The Hall–Kier alpha value is -3.21. The topological polar surface area (TPSA) is 51.2 Å². The molecule has 0 radical (unpaired) electrons. The Morgan fingerprint density at radius 1 is 1.19 bits per heavy atom. The first-order chi connectivity index (χ1) is 13.1. The number of halogens is 1. The third-order valence-corrected chi connectivity index (χ3v) is 4.73. The first-order valence-corrected chi connectivity index (χ1v) is 8.85. The smallest absolute Gasteiger partial charge is 0.228 e. The molecule has 0 unspecified atom stereocenters. The van der Waals surface area contributed by atoms with Gasteiger partial charge < -0.3 is 10.1 Å². The molecule has 4 nitrogen and oxygen atoms in total. The number of ether oxygens (including phenoxy) is 1. The highest BCUT2D eigenvalue weighted by atomic mass is 19.1. The third kappa shape index (κ3) is 3.97. The number of benzene rings is 2. The number of hydrogen-bond donors (Lipinski definition) is 1. The summed E-state index contributed by atoms with van der Waals surface area (Å²) in [6.45, 7) is 1.93. The minimum Gasteiger partial charge on any atom is -0.455 e. The molecule has 0 saturated heterocycles. The number of nitrogens with one attached hydrogen (secondary N) is 1. The zero-order chi connectivity index (χ0) is 18.8. The average Bonchev–Trinajstić information content (AvgIpc) is 3.46. The molecule has 1 N–H and O–H groups in total. The zero-order valence-corrected chi connectivity index (χ0v) is 14.9. The predicted octanol–water partition coefficient (Wildman–Crippen LogP) is 5.06. The maximum Gasteiger partial charge on any atom is 0.228 e. The maximum absolute atomic E-state index is 13.0. The molecule has 1 saturated carbocycles. The first-order valence-electron chi connectivity index (χ1n) is 8.85. The van der Waals surface area contributed by atoms with E-state index in [1.54, 1.807) is 24.5 Å². The quantitative estimate of drug-likeness (QED) is 0.690. The van der Waals surface area contributed by atoms with Gasteiger partial charge in [0.1, 0.15) is 17.3 Å². The molecule has 5 heteroatoms. The van der Waals surface area contributed by atoms with Gasteiger partial charge in [-0.25, -0.2) is 4.39 Å². The Balaban J connectivity index is 1.39. The van der Waals surface area contributed by atoms with Crippen molar-refractivity contribution in [3.63, 3.8) is 0 Å². The van der Waals surface area contributed by atoms with Gasteiger partial charge in [0, 0.05) is 17.8 Å². The van der Waals surface area contributed by atoms with Crippen LogP contribution in [0.25, 0.3) is 0 Å². The SMILES string of the molecule is Cc1cc(NC(=O)[C@@H]2C[C@@H]2c2ccc(F)cc2)ccc1Oc1cccnc1. The van der Waals surface area contributed by atoms with Gasteiger partial charge in [-0.05, 0) is 72.9 Å². The van der Waals surface area contributed by atoms with E-state index in [0.717, 1.165) is 29.0 Å². The van der Waals surface area contributed by atoms with E-state index < -0.39 is 0 Å². The summed E-state index contributed by atoms with van der Waals surface area (Å²) < 4.78 is 18.8. The lowest BCUT2D eigenvalue weighted by atomic mass is 10.1. The number of anilines is 1. The lowest BCUT2D eigenvalue weighted by Gasteiger charge is -2.11. The molecule has 4 rings (SSSR count). The number of amides is 1. The molecule has 2 atom stereocenters. The van der Waals surface area contributed by atoms with Gasteiger partial charge in [0.2, 0.25) is 5.91 Å². The predicted molar refractivity (Wildman–Crippen MR) is 101 cm³/mol. The van der Waals surface area contributed by atoms with Crippen LogP contribution in [0.15, 0.2) is 67.0 Å². The fraction of sp³-hybridized carbons (Fsp3) is 0.182. The molecule has 1 aliphatic carbocycles. The molecule has 27 heavy (non-hydrogen) atoms. The highest BCUT2D eigenvalue weighted by molar-refractivity contribution is 5.95. The van der Waals surface area contributed by atoms with E-state index >= 15 is 0 Å². The standard InChI is InChI=1S/C22H19FN2O2/c1-14-11-17(8-9-21(14)27-18-3-2-10-24-13-18)25-22(26)20-12-19(20)15-4-6-16(23)7-5-15/h2-11,13,19-20H,12H2,1H3,(H,25,26)/t19-,20-/m1/s1. The van der Waals surface area contributed by atoms with Crippen molar-refractivity contribution >= 4 is 11.6 Å². The number of aryl methyl sites for hydroxylation is 1. The van der Waals surface area contributed by atoms with Gasteiger partial charge in [0.15, 0.2) is 0 Å². The van der Waals surface area contributed by atoms with Gasteiger partial charge in [-0.2, -0.15) is 0 Å². The van der Waals surface area contributed by atoms with Crippen molar-refractivity contribution in [2.45, 2.75) is 19.3 Å². The highest BCUT2D eigenvalue weighted by Gasteiger charge is 2.43. The fourth-order valence-electron chi connectivity index (χ4n) is 3.17. The van der Waals surface area contributed by atoms with Crippen LogP contribution in [0.5, 0.6) is 11.5 Å². The summed E-state index contributed by atoms with van der Waals surface area (Å²) in [5, 5.41) is 2.97. The maximum atomic E-state index is 13.0. The number of carbonyl (C=O) groups excluding carboxylic acids is 1. The summed E-state index contributed by atoms with van der Waals surface area (Å²) >= 11 is 0. The summed E-state index contributed by atoms with van der Waals surface area (Å²) in [6, 6.07) is 15.6. The molecule has 3 aromatic rings. The zero-order valence-electron chi connectivity index (χ0n) is 14.9. The highest BCUT2D eigenvalue weighted by Crippen LogP contribution is 2.48. The average molecular weight is 362 g/mol. The van der Waals surface area contributed by atoms with Crippen LogP contribution in [0.3, 0.4) is 0 Å². The number of pyridine rings is 1. The summed E-state index contributed by atoms with van der Waals surface area (Å²) in [6.07, 6.45) is 4.13. The minimum absolute atomic E-state index is 0.00958. The second-order valence-electron chi connectivity index (χ2n) is 6.76. The van der Waals surface area contributed by atoms with Crippen molar-refractivity contribution in [2.75, 3.05) is 5.32 Å². The second-order valence-corrected chi connectivity index (χ2v) is 6.76. The fourth-order valence-corrected chi connectivity index (χ4v) is 3.17. The van der Waals surface area contributed by atoms with E-state index in [9.17, 15) is 9.18 Å². The minimum atomic E-state index is -0.260. The third-order valence-electron chi connectivity index (χ3n) is 4.73. The van der Waals surface area contributed by atoms with Gasteiger partial charge in [-0.15, -0.1) is 0 Å². The van der Waals surface area contributed by atoms with Crippen LogP contribution < -0.4 is 10.1 Å². The van der Waals surface area contributed by atoms with Gasteiger partial charge in [-0.3, -0.25) is 9.78 Å². The van der Waals surface area contributed by atoms with E-state index in [4.69, 9.17) is 4.74 Å². The molecule has 1 aliphatic rings. The van der Waals surface area contributed by atoms with Gasteiger partial charge in [-0.1, -0.05) is 12.1 Å². The van der Waals surface area contributed by atoms with E-state index in [2.05, 4.69) is 10.3 Å². The second kappa shape index (κ2) is 7.19. The van der Waals surface area contributed by atoms with Crippen molar-refractivity contribution in [1.82, 2.24) is 4.98 Å². The molecular weight excluding hydrogens is 343 g/mol. The summed E-state index contributed by atoms with van der Waals surface area (Å²) in [7, 11) is 0. The van der Waals surface area contributed by atoms with Crippen LogP contribution >= 0.6 is 0 Å². The number of aromatic nitrogens is 1. The largest absolute Gasteiger partial charge is 0.455 e. The normalized spacial score (nSPS) is 18.0. The molecule has 1 heterocycles. The Bertz CT molecular complexity index is 958. The van der Waals surface area contributed by atoms with Crippen molar-refractivity contribution in [3.8, 4) is 11.5 Å². The first kappa shape index (κ1) is 17.2. The summed E-state index contributed by atoms with van der Waals surface area (Å²) in [5.41, 5.74) is 2.66. The number of carbonyl (C=O) groups is 1. The molecule has 1 amide bonds. The monoisotopic (exact) mass is 362 g/mol. The number of rotatable bonds is 5. The number of hydrogen-bond acceptors (Lipinski definition) is 3. The Morgan fingerprint density at radius 3 is 2.70 bits per heavy atom. The Kier molecular flexibility index (Phi) is 4.59. The van der Waals surface area contributed by atoms with E-state index in [1.807, 2.05) is 37.3 Å². The van der Waals surface area contributed by atoms with Gasteiger partial charge in [0.25, 0.3) is 0 Å². The number of nitrogens with zero attached hydrogens (tertiary/aromatic N) is 1. The molecule has 136 valence electrons. The lowest BCUT2D eigenvalue weighted by Crippen LogP contribution is -2.14. The molecule has 0 bridgehead atoms. The lowest BCUT2D eigenvalue weighted by molar-refractivity contribution is -0.117. The van der Waals surface area contributed by atoms with Gasteiger partial charge in [0.05, 0.1) is 6.20 Å². The van der Waals surface area contributed by atoms with Crippen molar-refractivity contribution in [1.29, 1.82) is 0 Å². The van der Waals surface area contributed by atoms with E-state index in [0.29, 0.717) is 5.75 Å². The van der Waals surface area contributed by atoms with E-state index in [1.165, 1.54) is 12.1 Å². The van der Waals surface area contributed by atoms with Crippen LogP contribution in [0.4, 0.5) is 10.1 Å². The van der Waals surface area contributed by atoms with Gasteiger partial charge >= 0.3 is 0 Å². The molecular formula is C22H19FN2O2. The van der Waals surface area contributed by atoms with E-state index in [-0.39, 0.29) is 23.6 Å². The summed E-state index contributed by atoms with van der Waals surface area (Å²) in [5.74, 6) is 1.21. The van der Waals surface area contributed by atoms with Crippen LogP contribution in [0, 0.1) is 18.7 Å². The van der Waals surface area contributed by atoms with Crippen LogP contribution in [-0.2, 0) is 4.79 Å². The van der Waals surface area contributed by atoms with Crippen LogP contribution in [0.2, 0.25) is 0 Å². The molecule has 1 aromatic heterocycles.